The van der Waals surface area contributed by atoms with Gasteiger partial charge in [0.1, 0.15) is 6.04 Å². The van der Waals surface area contributed by atoms with Crippen LogP contribution in [-0.4, -0.2) is 53.1 Å². The zero-order valence-electron chi connectivity index (χ0n) is 15.7. The van der Waals surface area contributed by atoms with Crippen molar-refractivity contribution in [1.82, 2.24) is 25.5 Å². The quantitative estimate of drug-likeness (QED) is 0.573. The minimum Gasteiger partial charge on any atom is -0.480 e. The molecule has 1 aliphatic rings. The molecule has 0 aliphatic carbocycles. The number of carboxylic acids is 1. The Labute approximate surface area is 171 Å². The zero-order chi connectivity index (χ0) is 20.4. The third kappa shape index (κ3) is 3.73. The van der Waals surface area contributed by atoms with Crippen LogP contribution in [-0.2, 0) is 11.3 Å². The summed E-state index contributed by atoms with van der Waals surface area (Å²) in [5.74, 6) is -0.348. The van der Waals surface area contributed by atoms with E-state index >= 15 is 0 Å². The summed E-state index contributed by atoms with van der Waals surface area (Å²) in [4.78, 5) is 13.4. The van der Waals surface area contributed by atoms with Crippen LogP contribution in [0.2, 0.25) is 0 Å². The first-order valence-corrected chi connectivity index (χ1v) is 10.1. The van der Waals surface area contributed by atoms with E-state index in [0.717, 1.165) is 22.3 Å². The third-order valence-electron chi connectivity index (χ3n) is 5.00. The van der Waals surface area contributed by atoms with Crippen molar-refractivity contribution in [2.75, 3.05) is 0 Å². The van der Waals surface area contributed by atoms with E-state index in [4.69, 9.17) is 5.41 Å². The van der Waals surface area contributed by atoms with Crippen molar-refractivity contribution < 1.29 is 9.90 Å². The lowest BCUT2D eigenvalue weighted by Gasteiger charge is -2.24. The second-order valence-corrected chi connectivity index (χ2v) is 7.99. The van der Waals surface area contributed by atoms with Gasteiger partial charge in [-0.2, -0.15) is 5.21 Å². The Morgan fingerprint density at radius 3 is 2.55 bits per heavy atom. The number of rotatable bonds is 6. The number of aromatic amines is 1. The van der Waals surface area contributed by atoms with Crippen LogP contribution in [0, 0.1) is 5.41 Å². The number of nitrogens with one attached hydrogen (secondary N) is 2. The number of nitrogens with zero attached hydrogens (tertiary/aromatic N) is 4. The maximum absolute atomic E-state index is 11.7. The number of aliphatic carboxylic acids is 1. The third-order valence-corrected chi connectivity index (χ3v) is 6.35. The average Bonchev–Trinajstić information content (AvgIpc) is 3.37. The van der Waals surface area contributed by atoms with Gasteiger partial charge in [0.05, 0.1) is 0 Å². The van der Waals surface area contributed by atoms with Crippen molar-refractivity contribution in [2.24, 2.45) is 0 Å². The van der Waals surface area contributed by atoms with Gasteiger partial charge in [0.2, 0.25) is 5.82 Å². The second-order valence-electron chi connectivity index (χ2n) is 6.76. The van der Waals surface area contributed by atoms with Crippen molar-refractivity contribution in [3.63, 3.8) is 0 Å². The number of carboxylic acid groups (broad SMARTS) is 1. The van der Waals surface area contributed by atoms with Gasteiger partial charge in [-0.3, -0.25) is 5.41 Å². The van der Waals surface area contributed by atoms with Crippen LogP contribution in [0.1, 0.15) is 18.9 Å². The number of hydrogen-bond donors (Lipinski definition) is 3. The number of benzene rings is 2. The van der Waals surface area contributed by atoms with E-state index in [9.17, 15) is 9.90 Å². The molecule has 0 bridgehead atoms. The Bertz CT molecular complexity index is 1020. The fraction of sp³-hybridized carbons (Fsp3) is 0.250. The largest absolute Gasteiger partial charge is 0.480 e. The van der Waals surface area contributed by atoms with Gasteiger partial charge in [0.25, 0.3) is 0 Å². The Kier molecular flexibility index (Phi) is 5.30. The van der Waals surface area contributed by atoms with E-state index in [-0.39, 0.29) is 5.25 Å². The molecule has 0 radical (unpaired) electrons. The first-order chi connectivity index (χ1) is 14.1. The molecular formula is C20H20N6O2S. The second kappa shape index (κ2) is 8.04. The van der Waals surface area contributed by atoms with Crippen LogP contribution in [0.15, 0.2) is 48.5 Å². The number of tetrazole rings is 1. The molecule has 9 heteroatoms. The summed E-state index contributed by atoms with van der Waals surface area (Å²) in [7, 11) is 0. The highest BCUT2D eigenvalue weighted by atomic mass is 32.2. The van der Waals surface area contributed by atoms with Gasteiger partial charge in [0, 0.05) is 17.4 Å². The van der Waals surface area contributed by atoms with Gasteiger partial charge in [-0.25, -0.2) is 4.79 Å². The Morgan fingerprint density at radius 2 is 1.93 bits per heavy atom. The van der Waals surface area contributed by atoms with Crippen molar-refractivity contribution >= 4 is 22.9 Å². The molecule has 148 valence electrons. The molecule has 0 spiro atoms. The monoisotopic (exact) mass is 408 g/mol. The fourth-order valence-electron chi connectivity index (χ4n) is 3.56. The average molecular weight is 408 g/mol. The lowest BCUT2D eigenvalue weighted by Crippen LogP contribution is -2.42. The molecule has 0 amide bonds. The van der Waals surface area contributed by atoms with Gasteiger partial charge < -0.3 is 10.0 Å². The molecule has 1 fully saturated rings. The highest BCUT2D eigenvalue weighted by Crippen LogP contribution is 2.35. The van der Waals surface area contributed by atoms with Crippen LogP contribution in [0.5, 0.6) is 0 Å². The molecule has 2 heterocycles. The molecule has 3 aromatic rings. The summed E-state index contributed by atoms with van der Waals surface area (Å²) < 4.78 is 0. The summed E-state index contributed by atoms with van der Waals surface area (Å²) in [6.45, 7) is 2.35. The molecular weight excluding hydrogens is 388 g/mol. The normalized spacial score (nSPS) is 18.9. The van der Waals surface area contributed by atoms with Gasteiger partial charge in [-0.05, 0) is 28.3 Å². The fourth-order valence-corrected chi connectivity index (χ4v) is 4.72. The number of hydrogen-bond acceptors (Lipinski definition) is 6. The first kappa shape index (κ1) is 19.1. The molecule has 2 atom stereocenters. The van der Waals surface area contributed by atoms with Crippen LogP contribution < -0.4 is 0 Å². The number of amidine groups is 1. The van der Waals surface area contributed by atoms with Crippen LogP contribution in [0.25, 0.3) is 22.5 Å². The molecule has 1 aliphatic heterocycles. The van der Waals surface area contributed by atoms with Gasteiger partial charge in [-0.1, -0.05) is 67.2 Å². The molecule has 3 N–H and O–H groups in total. The zero-order valence-corrected chi connectivity index (χ0v) is 16.6. The Balaban J connectivity index is 1.58. The van der Waals surface area contributed by atoms with Gasteiger partial charge in [0.15, 0.2) is 5.17 Å². The highest BCUT2D eigenvalue weighted by molar-refractivity contribution is 8.14. The van der Waals surface area contributed by atoms with Crippen molar-refractivity contribution in [3.05, 3.63) is 54.1 Å². The first-order valence-electron chi connectivity index (χ1n) is 9.25. The molecule has 4 rings (SSSR count). The van der Waals surface area contributed by atoms with Crippen LogP contribution in [0.3, 0.4) is 0 Å². The maximum atomic E-state index is 11.7. The number of H-pyrrole nitrogens is 1. The number of aromatic nitrogens is 4. The summed E-state index contributed by atoms with van der Waals surface area (Å²) in [5.41, 5.74) is 3.82. The Hall–Kier alpha value is -3.20. The number of thioether (sulfide) groups is 1. The van der Waals surface area contributed by atoms with E-state index in [1.165, 1.54) is 11.8 Å². The maximum Gasteiger partial charge on any atom is 0.327 e. The molecule has 2 aromatic carbocycles. The molecule has 1 saturated heterocycles. The lowest BCUT2D eigenvalue weighted by molar-refractivity contribution is -0.141. The van der Waals surface area contributed by atoms with E-state index in [1.54, 1.807) is 4.90 Å². The van der Waals surface area contributed by atoms with Gasteiger partial charge >= 0.3 is 5.97 Å². The molecule has 29 heavy (non-hydrogen) atoms. The SMILES string of the molecule is CCC1SC(=N)N(Cc2ccc(-c3ccccc3-c3nn[nH]n3)cc2)C1C(=O)O. The molecule has 8 nitrogen and oxygen atoms in total. The van der Waals surface area contributed by atoms with Crippen molar-refractivity contribution in [2.45, 2.75) is 31.2 Å². The minimum atomic E-state index is -0.878. The molecule has 2 unspecified atom stereocenters. The highest BCUT2D eigenvalue weighted by Gasteiger charge is 2.42. The predicted molar refractivity (Wildman–Crippen MR) is 111 cm³/mol. The van der Waals surface area contributed by atoms with Crippen molar-refractivity contribution in [3.8, 4) is 22.5 Å². The van der Waals surface area contributed by atoms with Crippen LogP contribution >= 0.6 is 11.8 Å². The smallest absolute Gasteiger partial charge is 0.327 e. The predicted octanol–water partition coefficient (Wildman–Crippen LogP) is 3.25. The summed E-state index contributed by atoms with van der Waals surface area (Å²) in [6.07, 6.45) is 0.715. The summed E-state index contributed by atoms with van der Waals surface area (Å²) in [5, 5.41) is 32.3. The van der Waals surface area contributed by atoms with Crippen LogP contribution in [0.4, 0.5) is 0 Å². The standard InChI is InChI=1S/C20H20N6O2S/c1-2-16-17(19(27)28)26(20(21)29-16)11-12-7-9-13(10-8-12)14-5-3-4-6-15(14)18-22-24-25-23-18/h3-10,16-17,21H,2,11H2,1H3,(H,27,28)(H,22,23,24,25). The molecule has 0 saturated carbocycles. The lowest BCUT2D eigenvalue weighted by atomic mass is 9.98. The topological polar surface area (TPSA) is 119 Å². The summed E-state index contributed by atoms with van der Waals surface area (Å²) in [6, 6.07) is 15.1. The van der Waals surface area contributed by atoms with E-state index < -0.39 is 12.0 Å². The van der Waals surface area contributed by atoms with E-state index in [0.29, 0.717) is 24.0 Å². The molecule has 1 aromatic heterocycles. The van der Waals surface area contributed by atoms with Gasteiger partial charge in [-0.15, -0.1) is 10.2 Å². The van der Waals surface area contributed by atoms with E-state index in [2.05, 4.69) is 20.6 Å². The summed E-state index contributed by atoms with van der Waals surface area (Å²) >= 11 is 1.34. The number of carbonyl (C=O) groups is 1. The Morgan fingerprint density at radius 1 is 1.21 bits per heavy atom. The van der Waals surface area contributed by atoms with E-state index in [1.807, 2.05) is 55.5 Å². The minimum absolute atomic E-state index is 0.0962. The van der Waals surface area contributed by atoms with Crippen molar-refractivity contribution in [1.29, 1.82) is 5.41 Å².